The van der Waals surface area contributed by atoms with E-state index in [0.29, 0.717) is 12.5 Å². The minimum Gasteiger partial charge on any atom is -0.352 e. The van der Waals surface area contributed by atoms with Gasteiger partial charge < -0.3 is 5.32 Å². The Morgan fingerprint density at radius 1 is 1.50 bits per heavy atom. The molecule has 0 spiro atoms. The van der Waals surface area contributed by atoms with Crippen LogP contribution in [0.15, 0.2) is 24.5 Å². The first kappa shape index (κ1) is 14.8. The second kappa shape index (κ2) is 6.30. The van der Waals surface area contributed by atoms with Crippen molar-refractivity contribution in [2.75, 3.05) is 6.54 Å². The molecule has 2 aromatic heterocycles. The van der Waals surface area contributed by atoms with Crippen molar-refractivity contribution < 1.29 is 4.79 Å². The molecular weight excluding hydrogens is 276 g/mol. The molecule has 1 atom stereocenters. The van der Waals surface area contributed by atoms with E-state index in [1.807, 2.05) is 23.7 Å². The van der Waals surface area contributed by atoms with Crippen molar-refractivity contribution in [3.05, 3.63) is 47.0 Å². The van der Waals surface area contributed by atoms with E-state index in [4.69, 9.17) is 0 Å². The minimum atomic E-state index is -0.0241. The fourth-order valence-electron chi connectivity index (χ4n) is 2.95. The number of pyridine rings is 1. The van der Waals surface area contributed by atoms with E-state index in [-0.39, 0.29) is 5.91 Å². The van der Waals surface area contributed by atoms with E-state index in [2.05, 4.69) is 22.3 Å². The van der Waals surface area contributed by atoms with Gasteiger partial charge in [0.25, 0.3) is 5.91 Å². The SMILES string of the molecule is Cc1cccnc1CCNC(=O)c1cnn2c1CC(C)CC2. The van der Waals surface area contributed by atoms with Gasteiger partial charge in [-0.1, -0.05) is 13.0 Å². The largest absolute Gasteiger partial charge is 0.352 e. The molecule has 1 unspecified atom stereocenters. The molecule has 22 heavy (non-hydrogen) atoms. The molecule has 0 aromatic carbocycles. The molecule has 1 N–H and O–H groups in total. The van der Waals surface area contributed by atoms with Crippen molar-refractivity contribution in [1.82, 2.24) is 20.1 Å². The van der Waals surface area contributed by atoms with Crippen molar-refractivity contribution >= 4 is 5.91 Å². The van der Waals surface area contributed by atoms with Crippen LogP contribution in [0.1, 0.15) is 40.7 Å². The predicted octanol–water partition coefficient (Wildman–Crippen LogP) is 2.14. The first-order valence-corrected chi connectivity index (χ1v) is 7.88. The van der Waals surface area contributed by atoms with Crippen LogP contribution in [-0.2, 0) is 19.4 Å². The third kappa shape index (κ3) is 3.03. The van der Waals surface area contributed by atoms with Gasteiger partial charge in [0.1, 0.15) is 0 Å². The fourth-order valence-corrected chi connectivity index (χ4v) is 2.95. The molecule has 1 aliphatic rings. The monoisotopic (exact) mass is 298 g/mol. The van der Waals surface area contributed by atoms with Gasteiger partial charge in [0.15, 0.2) is 0 Å². The fraction of sp³-hybridized carbons (Fsp3) is 0.471. The normalized spacial score (nSPS) is 17.1. The molecule has 3 heterocycles. The Bertz CT molecular complexity index is 677. The molecule has 5 heteroatoms. The highest BCUT2D eigenvalue weighted by atomic mass is 16.1. The highest BCUT2D eigenvalue weighted by Crippen LogP contribution is 2.22. The molecular formula is C17H22N4O. The summed E-state index contributed by atoms with van der Waals surface area (Å²) in [5.74, 6) is 0.593. The van der Waals surface area contributed by atoms with Crippen LogP contribution in [0.4, 0.5) is 0 Å². The maximum atomic E-state index is 12.4. The summed E-state index contributed by atoms with van der Waals surface area (Å²) in [7, 11) is 0. The molecule has 0 fully saturated rings. The van der Waals surface area contributed by atoms with E-state index >= 15 is 0 Å². The Morgan fingerprint density at radius 3 is 3.18 bits per heavy atom. The molecule has 0 radical (unpaired) electrons. The molecule has 116 valence electrons. The zero-order valence-corrected chi connectivity index (χ0v) is 13.2. The Balaban J connectivity index is 1.61. The van der Waals surface area contributed by atoms with E-state index in [1.54, 1.807) is 12.4 Å². The van der Waals surface area contributed by atoms with Crippen molar-refractivity contribution in [3.8, 4) is 0 Å². The zero-order chi connectivity index (χ0) is 15.5. The number of nitrogens with zero attached hydrogens (tertiary/aromatic N) is 3. The lowest BCUT2D eigenvalue weighted by Crippen LogP contribution is -2.28. The van der Waals surface area contributed by atoms with Crippen LogP contribution < -0.4 is 5.32 Å². The summed E-state index contributed by atoms with van der Waals surface area (Å²) in [4.78, 5) is 16.7. The number of carbonyl (C=O) groups excluding carboxylic acids is 1. The maximum absolute atomic E-state index is 12.4. The third-order valence-corrected chi connectivity index (χ3v) is 4.33. The summed E-state index contributed by atoms with van der Waals surface area (Å²) >= 11 is 0. The number of hydrogen-bond acceptors (Lipinski definition) is 3. The van der Waals surface area contributed by atoms with Crippen molar-refractivity contribution in [3.63, 3.8) is 0 Å². The van der Waals surface area contributed by atoms with Crippen LogP contribution in [0, 0.1) is 12.8 Å². The van der Waals surface area contributed by atoms with Gasteiger partial charge in [-0.25, -0.2) is 0 Å². The van der Waals surface area contributed by atoms with E-state index in [1.165, 1.54) is 0 Å². The Morgan fingerprint density at radius 2 is 2.36 bits per heavy atom. The van der Waals surface area contributed by atoms with Crippen molar-refractivity contribution in [2.24, 2.45) is 5.92 Å². The molecule has 3 rings (SSSR count). The number of aryl methyl sites for hydroxylation is 2. The molecule has 0 saturated carbocycles. The quantitative estimate of drug-likeness (QED) is 0.941. The minimum absolute atomic E-state index is 0.0241. The smallest absolute Gasteiger partial charge is 0.254 e. The van der Waals surface area contributed by atoms with E-state index in [0.717, 1.165) is 48.3 Å². The van der Waals surface area contributed by atoms with Crippen LogP contribution in [0.3, 0.4) is 0 Å². The van der Waals surface area contributed by atoms with Gasteiger partial charge in [0.05, 0.1) is 17.5 Å². The summed E-state index contributed by atoms with van der Waals surface area (Å²) in [6.07, 6.45) is 6.31. The first-order chi connectivity index (χ1) is 10.6. The Labute approximate surface area is 130 Å². The summed E-state index contributed by atoms with van der Waals surface area (Å²) < 4.78 is 1.97. The molecule has 0 bridgehead atoms. The van der Waals surface area contributed by atoms with Gasteiger partial charge in [-0.15, -0.1) is 0 Å². The van der Waals surface area contributed by atoms with E-state index < -0.39 is 0 Å². The van der Waals surface area contributed by atoms with Crippen LogP contribution >= 0.6 is 0 Å². The van der Waals surface area contributed by atoms with Gasteiger partial charge in [0, 0.05) is 31.4 Å². The van der Waals surface area contributed by atoms with Gasteiger partial charge in [-0.05, 0) is 37.3 Å². The lowest BCUT2D eigenvalue weighted by molar-refractivity contribution is 0.0952. The lowest BCUT2D eigenvalue weighted by atomic mass is 9.96. The first-order valence-electron chi connectivity index (χ1n) is 7.88. The molecule has 0 aliphatic carbocycles. The summed E-state index contributed by atoms with van der Waals surface area (Å²) in [5, 5.41) is 7.33. The number of carbonyl (C=O) groups is 1. The lowest BCUT2D eigenvalue weighted by Gasteiger charge is -2.20. The van der Waals surface area contributed by atoms with Crippen LogP contribution in [0.25, 0.3) is 0 Å². The second-order valence-electron chi connectivity index (χ2n) is 6.10. The molecule has 1 amide bonds. The molecule has 0 saturated heterocycles. The standard InChI is InChI=1S/C17H22N4O/c1-12-6-9-21-16(10-12)14(11-20-21)17(22)19-8-5-15-13(2)4-3-7-18-15/h3-4,7,11-12H,5-6,8-10H2,1-2H3,(H,19,22). The number of aromatic nitrogens is 3. The molecule has 1 aliphatic heterocycles. The average molecular weight is 298 g/mol. The van der Waals surface area contributed by atoms with Gasteiger partial charge >= 0.3 is 0 Å². The van der Waals surface area contributed by atoms with Gasteiger partial charge in [-0.3, -0.25) is 14.5 Å². The Hall–Kier alpha value is -2.17. The van der Waals surface area contributed by atoms with Gasteiger partial charge in [-0.2, -0.15) is 5.10 Å². The number of rotatable bonds is 4. The highest BCUT2D eigenvalue weighted by Gasteiger charge is 2.22. The average Bonchev–Trinajstić information content (AvgIpc) is 2.92. The van der Waals surface area contributed by atoms with Crippen molar-refractivity contribution in [1.29, 1.82) is 0 Å². The Kier molecular flexibility index (Phi) is 4.22. The molecule has 2 aromatic rings. The summed E-state index contributed by atoms with van der Waals surface area (Å²) in [6.45, 7) is 5.77. The maximum Gasteiger partial charge on any atom is 0.254 e. The summed E-state index contributed by atoms with van der Waals surface area (Å²) in [5.41, 5.74) is 4.00. The predicted molar refractivity (Wildman–Crippen MR) is 84.7 cm³/mol. The summed E-state index contributed by atoms with van der Waals surface area (Å²) in [6, 6.07) is 3.97. The number of fused-ring (bicyclic) bond motifs is 1. The number of amides is 1. The van der Waals surface area contributed by atoms with Crippen LogP contribution in [0.5, 0.6) is 0 Å². The third-order valence-electron chi connectivity index (χ3n) is 4.33. The second-order valence-corrected chi connectivity index (χ2v) is 6.10. The molecule has 5 nitrogen and oxygen atoms in total. The number of nitrogens with one attached hydrogen (secondary N) is 1. The van der Waals surface area contributed by atoms with Crippen LogP contribution in [-0.4, -0.2) is 27.2 Å². The van der Waals surface area contributed by atoms with E-state index in [9.17, 15) is 4.79 Å². The van der Waals surface area contributed by atoms with Crippen LogP contribution in [0.2, 0.25) is 0 Å². The zero-order valence-electron chi connectivity index (χ0n) is 13.2. The topological polar surface area (TPSA) is 59.8 Å². The van der Waals surface area contributed by atoms with Gasteiger partial charge in [0.2, 0.25) is 0 Å². The van der Waals surface area contributed by atoms with Crippen molar-refractivity contribution in [2.45, 2.75) is 39.7 Å². The number of hydrogen-bond donors (Lipinski definition) is 1. The highest BCUT2D eigenvalue weighted by molar-refractivity contribution is 5.95.